The third kappa shape index (κ3) is 4.63. The number of guanidine groups is 1. The lowest BCUT2D eigenvalue weighted by molar-refractivity contribution is 0.183. The molecule has 2 aliphatic rings. The van der Waals surface area contributed by atoms with Crippen LogP contribution in [0.5, 0.6) is 0 Å². The van der Waals surface area contributed by atoms with E-state index in [-0.39, 0.29) is 0 Å². The summed E-state index contributed by atoms with van der Waals surface area (Å²) in [7, 11) is 1.81. The summed E-state index contributed by atoms with van der Waals surface area (Å²) in [5.41, 5.74) is 0. The zero-order valence-electron chi connectivity index (χ0n) is 14.2. The van der Waals surface area contributed by atoms with E-state index in [9.17, 15) is 5.11 Å². The number of thiophene rings is 1. The molecule has 2 unspecified atom stereocenters. The first-order valence-electron chi connectivity index (χ1n) is 8.77. The summed E-state index contributed by atoms with van der Waals surface area (Å²) in [6, 6.07) is 3.70. The molecule has 1 aromatic heterocycles. The van der Waals surface area contributed by atoms with E-state index in [1.165, 1.54) is 50.2 Å². The number of halogens is 1. The average Bonchev–Trinajstić information content (AvgIpc) is 3.31. The molecule has 2 aliphatic heterocycles. The third-order valence-corrected chi connectivity index (χ3v) is 6.22. The highest BCUT2D eigenvalue weighted by Crippen LogP contribution is 2.26. The average molecular weight is 371 g/mol. The van der Waals surface area contributed by atoms with E-state index >= 15 is 0 Å². The number of aliphatic hydroxyl groups excluding tert-OH is 1. The maximum absolute atomic E-state index is 10.3. The Hall–Kier alpha value is -0.820. The topological polar surface area (TPSA) is 51.1 Å². The zero-order valence-corrected chi connectivity index (χ0v) is 15.8. The number of nitrogens with zero attached hydrogens (tertiary/aromatic N) is 3. The molecule has 134 valence electrons. The van der Waals surface area contributed by atoms with Gasteiger partial charge >= 0.3 is 0 Å². The van der Waals surface area contributed by atoms with Gasteiger partial charge in [-0.05, 0) is 50.4 Å². The monoisotopic (exact) mass is 370 g/mol. The molecular weight excluding hydrogens is 344 g/mol. The van der Waals surface area contributed by atoms with Crippen LogP contribution in [-0.2, 0) is 0 Å². The Labute approximate surface area is 153 Å². The first-order chi connectivity index (χ1) is 11.7. The van der Waals surface area contributed by atoms with Crippen molar-refractivity contribution in [2.75, 3.05) is 46.3 Å². The first kappa shape index (κ1) is 18.0. The predicted molar refractivity (Wildman–Crippen MR) is 101 cm³/mol. The number of hydrogen-bond donors (Lipinski definition) is 2. The zero-order chi connectivity index (χ0) is 16.9. The van der Waals surface area contributed by atoms with Crippen LogP contribution in [0.2, 0.25) is 4.34 Å². The Bertz CT molecular complexity index is 559. The Morgan fingerprint density at radius 1 is 1.42 bits per heavy atom. The summed E-state index contributed by atoms with van der Waals surface area (Å²) in [4.78, 5) is 10.2. The van der Waals surface area contributed by atoms with Crippen molar-refractivity contribution < 1.29 is 5.11 Å². The Balaban J connectivity index is 1.46. The van der Waals surface area contributed by atoms with E-state index in [4.69, 9.17) is 11.6 Å². The van der Waals surface area contributed by atoms with Crippen molar-refractivity contribution in [2.24, 2.45) is 10.9 Å². The van der Waals surface area contributed by atoms with Gasteiger partial charge in [-0.3, -0.25) is 4.99 Å². The van der Waals surface area contributed by atoms with E-state index in [2.05, 4.69) is 20.1 Å². The Morgan fingerprint density at radius 2 is 2.21 bits per heavy atom. The van der Waals surface area contributed by atoms with Crippen LogP contribution in [0.25, 0.3) is 0 Å². The van der Waals surface area contributed by atoms with E-state index < -0.39 is 6.10 Å². The van der Waals surface area contributed by atoms with Gasteiger partial charge in [-0.2, -0.15) is 0 Å². The molecule has 0 radical (unpaired) electrons. The van der Waals surface area contributed by atoms with Crippen molar-refractivity contribution in [2.45, 2.75) is 25.4 Å². The molecule has 2 N–H and O–H groups in total. The normalized spacial score (nSPS) is 23.9. The molecule has 3 heterocycles. The molecule has 0 spiro atoms. The highest BCUT2D eigenvalue weighted by molar-refractivity contribution is 7.16. The van der Waals surface area contributed by atoms with Crippen molar-refractivity contribution in [1.82, 2.24) is 15.1 Å². The SMILES string of the molecule is CN=C(NCC(O)c1ccc(Cl)s1)N1CCC(CN2CCCC2)C1. The smallest absolute Gasteiger partial charge is 0.193 e. The quantitative estimate of drug-likeness (QED) is 0.617. The van der Waals surface area contributed by atoms with Crippen LogP contribution >= 0.6 is 22.9 Å². The van der Waals surface area contributed by atoms with Crippen LogP contribution < -0.4 is 5.32 Å². The summed E-state index contributed by atoms with van der Waals surface area (Å²) >= 11 is 7.36. The Kier molecular flexibility index (Phi) is 6.38. The predicted octanol–water partition coefficient (Wildman–Crippen LogP) is 2.43. The molecule has 5 nitrogen and oxygen atoms in total. The molecule has 0 bridgehead atoms. The fourth-order valence-corrected chi connectivity index (χ4v) is 4.68. The molecule has 0 aliphatic carbocycles. The number of nitrogens with one attached hydrogen (secondary N) is 1. The molecular formula is C17H27ClN4OS. The van der Waals surface area contributed by atoms with Crippen molar-refractivity contribution >= 4 is 28.9 Å². The van der Waals surface area contributed by atoms with Crippen molar-refractivity contribution in [1.29, 1.82) is 0 Å². The molecule has 2 fully saturated rings. The van der Waals surface area contributed by atoms with Gasteiger partial charge in [0.25, 0.3) is 0 Å². The standard InChI is InChI=1S/C17H27ClN4OS/c1-19-17(20-10-14(23)15-4-5-16(18)24-15)22-9-6-13(12-22)11-21-7-2-3-8-21/h4-5,13-14,23H,2-3,6-12H2,1H3,(H,19,20). The number of rotatable bonds is 5. The highest BCUT2D eigenvalue weighted by Gasteiger charge is 2.27. The van der Waals surface area contributed by atoms with Crippen LogP contribution in [0, 0.1) is 5.92 Å². The van der Waals surface area contributed by atoms with E-state index in [1.54, 1.807) is 0 Å². The maximum atomic E-state index is 10.3. The molecule has 7 heteroatoms. The fraction of sp³-hybridized carbons (Fsp3) is 0.706. The van der Waals surface area contributed by atoms with Crippen LogP contribution in [-0.4, -0.2) is 67.2 Å². The second-order valence-corrected chi connectivity index (χ2v) is 8.44. The molecule has 0 amide bonds. The van der Waals surface area contributed by atoms with Gasteiger partial charge in [-0.15, -0.1) is 11.3 Å². The summed E-state index contributed by atoms with van der Waals surface area (Å²) in [6.45, 7) is 6.29. The van der Waals surface area contributed by atoms with Crippen molar-refractivity contribution in [3.05, 3.63) is 21.3 Å². The first-order valence-corrected chi connectivity index (χ1v) is 9.96. The molecule has 3 rings (SSSR count). The van der Waals surface area contributed by atoms with Gasteiger partial charge in [0.15, 0.2) is 5.96 Å². The van der Waals surface area contributed by atoms with Crippen molar-refractivity contribution in [3.8, 4) is 0 Å². The van der Waals surface area contributed by atoms with Gasteiger partial charge in [-0.1, -0.05) is 11.6 Å². The molecule has 2 atom stereocenters. The van der Waals surface area contributed by atoms with Gasteiger partial charge in [0.2, 0.25) is 0 Å². The number of likely N-dealkylation sites (tertiary alicyclic amines) is 2. The molecule has 2 saturated heterocycles. The summed E-state index contributed by atoms with van der Waals surface area (Å²) in [5.74, 6) is 1.61. The number of aliphatic hydroxyl groups is 1. The fourth-order valence-electron chi connectivity index (χ4n) is 3.63. The van der Waals surface area contributed by atoms with Gasteiger partial charge in [0.1, 0.15) is 6.10 Å². The minimum atomic E-state index is -0.553. The molecule has 0 aromatic carbocycles. The Morgan fingerprint density at radius 3 is 2.88 bits per heavy atom. The number of hydrogen-bond acceptors (Lipinski definition) is 4. The van der Waals surface area contributed by atoms with Crippen LogP contribution in [0.1, 0.15) is 30.2 Å². The molecule has 24 heavy (non-hydrogen) atoms. The largest absolute Gasteiger partial charge is 0.386 e. The lowest BCUT2D eigenvalue weighted by Gasteiger charge is -2.24. The molecule has 1 aromatic rings. The van der Waals surface area contributed by atoms with Crippen LogP contribution in [0.4, 0.5) is 0 Å². The van der Waals surface area contributed by atoms with E-state index in [1.807, 2.05) is 19.2 Å². The summed E-state index contributed by atoms with van der Waals surface area (Å²) in [5, 5.41) is 13.6. The number of aliphatic imine (C=N–C) groups is 1. The lowest BCUT2D eigenvalue weighted by Crippen LogP contribution is -2.42. The minimum Gasteiger partial charge on any atom is -0.386 e. The van der Waals surface area contributed by atoms with Crippen LogP contribution in [0.15, 0.2) is 17.1 Å². The maximum Gasteiger partial charge on any atom is 0.193 e. The van der Waals surface area contributed by atoms with Crippen molar-refractivity contribution in [3.63, 3.8) is 0 Å². The van der Waals surface area contributed by atoms with Gasteiger partial charge in [0.05, 0.1) is 4.34 Å². The summed E-state index contributed by atoms with van der Waals surface area (Å²) < 4.78 is 0.706. The van der Waals surface area contributed by atoms with E-state index in [0.29, 0.717) is 10.9 Å². The third-order valence-electron chi connectivity index (χ3n) is 4.89. The van der Waals surface area contributed by atoms with Gasteiger partial charge in [0, 0.05) is 38.1 Å². The lowest BCUT2D eigenvalue weighted by atomic mass is 10.1. The van der Waals surface area contributed by atoms with Gasteiger partial charge < -0.3 is 20.2 Å². The highest BCUT2D eigenvalue weighted by atomic mass is 35.5. The summed E-state index contributed by atoms with van der Waals surface area (Å²) in [6.07, 6.45) is 3.37. The second-order valence-electron chi connectivity index (χ2n) is 6.69. The van der Waals surface area contributed by atoms with E-state index in [0.717, 1.165) is 29.8 Å². The second kappa shape index (κ2) is 8.52. The van der Waals surface area contributed by atoms with Crippen LogP contribution in [0.3, 0.4) is 0 Å². The molecule has 0 saturated carbocycles. The minimum absolute atomic E-state index is 0.455. The van der Waals surface area contributed by atoms with Gasteiger partial charge in [-0.25, -0.2) is 0 Å².